The molecule has 26 heavy (non-hydrogen) atoms. The lowest BCUT2D eigenvalue weighted by Crippen LogP contribution is -2.46. The summed E-state index contributed by atoms with van der Waals surface area (Å²) in [4.78, 5) is 36.5. The van der Waals surface area contributed by atoms with Crippen LogP contribution in [-0.4, -0.2) is 46.9 Å². The lowest BCUT2D eigenvalue weighted by atomic mass is 10.0. The number of hydrogen-bond acceptors (Lipinski definition) is 3. The number of carboxylic acids is 1. The van der Waals surface area contributed by atoms with E-state index in [4.69, 9.17) is 5.11 Å². The van der Waals surface area contributed by atoms with Gasteiger partial charge in [0.1, 0.15) is 0 Å². The molecule has 2 rings (SSSR count). The minimum Gasteiger partial charge on any atom is -0.481 e. The van der Waals surface area contributed by atoms with E-state index in [0.717, 1.165) is 19.3 Å². The summed E-state index contributed by atoms with van der Waals surface area (Å²) in [5.41, 5.74) is 1.17. The number of nitrogens with zero attached hydrogens (tertiary/aromatic N) is 1. The molecule has 1 aromatic rings. The lowest BCUT2D eigenvalue weighted by molar-refractivity contribution is -0.137. The van der Waals surface area contributed by atoms with Gasteiger partial charge in [-0.1, -0.05) is 30.3 Å². The zero-order chi connectivity index (χ0) is 18.8. The van der Waals surface area contributed by atoms with Crippen molar-refractivity contribution >= 4 is 17.8 Å². The molecule has 1 aromatic carbocycles. The van der Waals surface area contributed by atoms with Gasteiger partial charge in [-0.05, 0) is 37.7 Å². The van der Waals surface area contributed by atoms with E-state index in [0.29, 0.717) is 38.8 Å². The first-order valence-corrected chi connectivity index (χ1v) is 9.37. The van der Waals surface area contributed by atoms with Crippen molar-refractivity contribution in [3.05, 3.63) is 35.9 Å². The number of amides is 2. The average molecular weight is 360 g/mol. The van der Waals surface area contributed by atoms with Crippen LogP contribution in [0, 0.1) is 0 Å². The van der Waals surface area contributed by atoms with Gasteiger partial charge in [0.2, 0.25) is 11.8 Å². The fraction of sp³-hybridized carbons (Fsp3) is 0.550. The minimum absolute atomic E-state index is 0.0238. The summed E-state index contributed by atoms with van der Waals surface area (Å²) in [5.74, 6) is -0.675. The molecule has 6 heteroatoms. The summed E-state index contributed by atoms with van der Waals surface area (Å²) in [6.07, 6.45) is 4.42. The number of hydrogen-bond donors (Lipinski definition) is 2. The molecule has 0 atom stereocenters. The molecule has 1 fully saturated rings. The Kier molecular flexibility index (Phi) is 8.12. The maximum Gasteiger partial charge on any atom is 0.303 e. The monoisotopic (exact) mass is 360 g/mol. The Bertz CT molecular complexity index is 595. The first-order chi connectivity index (χ1) is 12.5. The lowest BCUT2D eigenvalue weighted by Gasteiger charge is -2.32. The molecule has 0 aromatic heterocycles. The van der Waals surface area contributed by atoms with Gasteiger partial charge in [0, 0.05) is 38.4 Å². The van der Waals surface area contributed by atoms with Gasteiger partial charge in [0.15, 0.2) is 0 Å². The van der Waals surface area contributed by atoms with Crippen LogP contribution < -0.4 is 5.32 Å². The van der Waals surface area contributed by atoms with E-state index in [-0.39, 0.29) is 24.3 Å². The van der Waals surface area contributed by atoms with Gasteiger partial charge in [-0.2, -0.15) is 0 Å². The molecule has 0 unspecified atom stereocenters. The van der Waals surface area contributed by atoms with Crippen molar-refractivity contribution in [2.75, 3.05) is 13.1 Å². The number of carboxylic acid groups (broad SMARTS) is 1. The van der Waals surface area contributed by atoms with Gasteiger partial charge in [-0.3, -0.25) is 14.4 Å². The molecule has 0 aliphatic carbocycles. The predicted molar refractivity (Wildman–Crippen MR) is 98.6 cm³/mol. The number of nitrogens with one attached hydrogen (secondary N) is 1. The van der Waals surface area contributed by atoms with Crippen molar-refractivity contribution in [1.82, 2.24) is 10.2 Å². The minimum atomic E-state index is -0.824. The number of aliphatic carboxylic acids is 1. The summed E-state index contributed by atoms with van der Waals surface area (Å²) >= 11 is 0. The van der Waals surface area contributed by atoms with Gasteiger partial charge in [-0.25, -0.2) is 0 Å². The molecule has 0 radical (unpaired) electrons. The maximum atomic E-state index is 12.3. The molecule has 0 bridgehead atoms. The van der Waals surface area contributed by atoms with Crippen LogP contribution in [-0.2, 0) is 20.8 Å². The van der Waals surface area contributed by atoms with Crippen LogP contribution in [0.2, 0.25) is 0 Å². The average Bonchev–Trinajstić information content (AvgIpc) is 2.64. The van der Waals surface area contributed by atoms with Gasteiger partial charge >= 0.3 is 5.97 Å². The fourth-order valence-corrected chi connectivity index (χ4v) is 3.19. The van der Waals surface area contributed by atoms with Crippen molar-refractivity contribution in [2.24, 2.45) is 0 Å². The number of carbonyl (C=O) groups excluding carboxylic acids is 2. The molecule has 1 aliphatic rings. The highest BCUT2D eigenvalue weighted by Gasteiger charge is 2.23. The van der Waals surface area contributed by atoms with Gasteiger partial charge < -0.3 is 15.3 Å². The topological polar surface area (TPSA) is 86.7 Å². The number of unbranched alkanes of at least 4 members (excludes halogenated alkanes) is 1. The first-order valence-electron chi connectivity index (χ1n) is 9.37. The van der Waals surface area contributed by atoms with Crippen LogP contribution >= 0.6 is 0 Å². The van der Waals surface area contributed by atoms with Gasteiger partial charge in [0.25, 0.3) is 0 Å². The number of benzene rings is 1. The Hall–Kier alpha value is -2.37. The van der Waals surface area contributed by atoms with Crippen molar-refractivity contribution in [3.8, 4) is 0 Å². The van der Waals surface area contributed by atoms with E-state index < -0.39 is 5.97 Å². The third-order valence-electron chi connectivity index (χ3n) is 4.73. The zero-order valence-electron chi connectivity index (χ0n) is 15.2. The van der Waals surface area contributed by atoms with E-state index in [2.05, 4.69) is 5.32 Å². The van der Waals surface area contributed by atoms with Crippen LogP contribution in [0.1, 0.15) is 50.5 Å². The normalized spacial score (nSPS) is 14.8. The second kappa shape index (κ2) is 10.6. The zero-order valence-corrected chi connectivity index (χ0v) is 15.2. The number of piperidine rings is 1. The number of rotatable bonds is 9. The number of carbonyl (C=O) groups is 3. The highest BCUT2D eigenvalue weighted by atomic mass is 16.4. The molecular weight excluding hydrogens is 332 g/mol. The molecule has 1 aliphatic heterocycles. The second-order valence-electron chi connectivity index (χ2n) is 6.81. The van der Waals surface area contributed by atoms with Gasteiger partial charge in [-0.15, -0.1) is 0 Å². The third-order valence-corrected chi connectivity index (χ3v) is 4.73. The molecule has 1 saturated heterocycles. The molecule has 1 heterocycles. The van der Waals surface area contributed by atoms with Crippen LogP contribution in [0.25, 0.3) is 0 Å². The van der Waals surface area contributed by atoms with Crippen LogP contribution in [0.4, 0.5) is 0 Å². The Balaban J connectivity index is 1.61. The SMILES string of the molecule is O=C(O)CCCCC(=O)NC1CCN(C(=O)CCc2ccccc2)CC1. The van der Waals surface area contributed by atoms with E-state index in [1.807, 2.05) is 35.2 Å². The third kappa shape index (κ3) is 7.25. The maximum absolute atomic E-state index is 12.3. The largest absolute Gasteiger partial charge is 0.481 e. The fourth-order valence-electron chi connectivity index (χ4n) is 3.19. The highest BCUT2D eigenvalue weighted by molar-refractivity contribution is 5.77. The van der Waals surface area contributed by atoms with E-state index in [9.17, 15) is 14.4 Å². The summed E-state index contributed by atoms with van der Waals surface area (Å²) in [7, 11) is 0. The Labute approximate surface area is 154 Å². The van der Waals surface area contributed by atoms with Crippen LogP contribution in [0.15, 0.2) is 30.3 Å². The van der Waals surface area contributed by atoms with Crippen molar-refractivity contribution in [1.29, 1.82) is 0 Å². The summed E-state index contributed by atoms with van der Waals surface area (Å²) < 4.78 is 0. The molecule has 142 valence electrons. The number of aryl methyl sites for hydroxylation is 1. The second-order valence-corrected chi connectivity index (χ2v) is 6.81. The quantitative estimate of drug-likeness (QED) is 0.662. The molecule has 6 nitrogen and oxygen atoms in total. The smallest absolute Gasteiger partial charge is 0.303 e. The molecule has 0 spiro atoms. The van der Waals surface area contributed by atoms with Gasteiger partial charge in [0.05, 0.1) is 0 Å². The number of likely N-dealkylation sites (tertiary alicyclic amines) is 1. The highest BCUT2D eigenvalue weighted by Crippen LogP contribution is 2.13. The predicted octanol–water partition coefficient (Wildman–Crippen LogP) is 2.37. The van der Waals surface area contributed by atoms with E-state index in [1.54, 1.807) is 0 Å². The molecule has 0 saturated carbocycles. The summed E-state index contributed by atoms with van der Waals surface area (Å²) in [6.45, 7) is 1.36. The standard InChI is InChI=1S/C20H28N2O4/c23-18(8-4-5-9-20(25)26)21-17-12-14-22(15-13-17)19(24)11-10-16-6-2-1-3-7-16/h1-3,6-7,17H,4-5,8-15H2,(H,21,23)(H,25,26). The Morgan fingerprint density at radius 1 is 1.00 bits per heavy atom. The van der Waals surface area contributed by atoms with Crippen LogP contribution in [0.5, 0.6) is 0 Å². The first kappa shape index (κ1) is 19.9. The summed E-state index contributed by atoms with van der Waals surface area (Å²) in [6, 6.07) is 10.1. The molecule has 2 N–H and O–H groups in total. The van der Waals surface area contributed by atoms with Crippen molar-refractivity contribution in [3.63, 3.8) is 0 Å². The van der Waals surface area contributed by atoms with Crippen molar-refractivity contribution in [2.45, 2.75) is 57.4 Å². The Morgan fingerprint density at radius 2 is 1.65 bits per heavy atom. The molecule has 2 amide bonds. The Morgan fingerprint density at radius 3 is 2.31 bits per heavy atom. The summed E-state index contributed by atoms with van der Waals surface area (Å²) in [5, 5.41) is 11.6. The van der Waals surface area contributed by atoms with Crippen LogP contribution in [0.3, 0.4) is 0 Å². The van der Waals surface area contributed by atoms with E-state index >= 15 is 0 Å². The van der Waals surface area contributed by atoms with E-state index in [1.165, 1.54) is 5.56 Å². The van der Waals surface area contributed by atoms with Crippen molar-refractivity contribution < 1.29 is 19.5 Å². The molecular formula is C20H28N2O4.